The van der Waals surface area contributed by atoms with Crippen LogP contribution in [0.3, 0.4) is 0 Å². The molecule has 2 aromatic rings. The van der Waals surface area contributed by atoms with Crippen LogP contribution in [0.15, 0.2) is 48.7 Å². The molecule has 0 spiro atoms. The van der Waals surface area contributed by atoms with Gasteiger partial charge in [-0.15, -0.1) is 0 Å². The third kappa shape index (κ3) is 4.78. The maximum absolute atomic E-state index is 6.03. The Labute approximate surface area is 149 Å². The van der Waals surface area contributed by atoms with Crippen LogP contribution >= 0.6 is 0 Å². The van der Waals surface area contributed by atoms with Gasteiger partial charge in [0, 0.05) is 45.1 Å². The SMILES string of the molecule is COC[C@@H]1C[C@H](OC)CN1Cc1ccccc1OCc1ccccn1. The number of rotatable bonds is 8. The van der Waals surface area contributed by atoms with E-state index < -0.39 is 0 Å². The van der Waals surface area contributed by atoms with E-state index in [0.29, 0.717) is 12.6 Å². The predicted octanol–water partition coefficient (Wildman–Crippen LogP) is 2.90. The van der Waals surface area contributed by atoms with E-state index in [0.717, 1.165) is 37.6 Å². The Balaban J connectivity index is 1.67. The first kappa shape index (κ1) is 17.9. The molecule has 0 amide bonds. The van der Waals surface area contributed by atoms with Crippen molar-refractivity contribution in [3.05, 3.63) is 59.9 Å². The van der Waals surface area contributed by atoms with Gasteiger partial charge in [0.2, 0.25) is 0 Å². The molecule has 0 radical (unpaired) electrons. The van der Waals surface area contributed by atoms with Crippen LogP contribution in [0.1, 0.15) is 17.7 Å². The number of pyridine rings is 1. The van der Waals surface area contributed by atoms with Gasteiger partial charge < -0.3 is 14.2 Å². The van der Waals surface area contributed by atoms with Crippen LogP contribution in [0.2, 0.25) is 0 Å². The fourth-order valence-corrected chi connectivity index (χ4v) is 3.30. The molecule has 2 heterocycles. The molecule has 1 fully saturated rings. The summed E-state index contributed by atoms with van der Waals surface area (Å²) < 4.78 is 17.0. The molecule has 1 aromatic carbocycles. The number of hydrogen-bond acceptors (Lipinski definition) is 5. The molecule has 2 atom stereocenters. The Morgan fingerprint density at radius 1 is 1.12 bits per heavy atom. The van der Waals surface area contributed by atoms with Crippen LogP contribution < -0.4 is 4.74 Å². The van der Waals surface area contributed by atoms with Crippen molar-refractivity contribution >= 4 is 0 Å². The molecule has 0 saturated carbocycles. The highest BCUT2D eigenvalue weighted by Crippen LogP contribution is 2.27. The fourth-order valence-electron chi connectivity index (χ4n) is 3.30. The molecule has 5 nitrogen and oxygen atoms in total. The third-order valence-corrected chi connectivity index (χ3v) is 4.63. The van der Waals surface area contributed by atoms with E-state index >= 15 is 0 Å². The zero-order chi connectivity index (χ0) is 17.5. The van der Waals surface area contributed by atoms with Gasteiger partial charge in [-0.05, 0) is 24.6 Å². The molecule has 5 heteroatoms. The minimum absolute atomic E-state index is 0.266. The molecule has 0 N–H and O–H groups in total. The number of hydrogen-bond donors (Lipinski definition) is 0. The molecule has 1 saturated heterocycles. The monoisotopic (exact) mass is 342 g/mol. The van der Waals surface area contributed by atoms with Gasteiger partial charge in [-0.25, -0.2) is 0 Å². The standard InChI is InChI=1S/C20H26N2O3/c1-23-15-18-11-19(24-2)13-22(18)12-16-7-3-4-9-20(16)25-14-17-8-5-6-10-21-17/h3-10,18-19H,11-15H2,1-2H3/t18-,19-/m0/s1. The van der Waals surface area contributed by atoms with Crippen molar-refractivity contribution in [1.82, 2.24) is 9.88 Å². The maximum Gasteiger partial charge on any atom is 0.130 e. The van der Waals surface area contributed by atoms with Crippen LogP contribution in [0.5, 0.6) is 5.75 Å². The van der Waals surface area contributed by atoms with Gasteiger partial charge in [0.05, 0.1) is 18.4 Å². The molecular formula is C20H26N2O3. The van der Waals surface area contributed by atoms with Crippen LogP contribution in [-0.4, -0.2) is 49.4 Å². The van der Waals surface area contributed by atoms with Crippen LogP contribution in [0.4, 0.5) is 0 Å². The second-order valence-electron chi connectivity index (χ2n) is 6.35. The normalized spacial score (nSPS) is 20.7. The minimum Gasteiger partial charge on any atom is -0.487 e. The first-order valence-corrected chi connectivity index (χ1v) is 8.66. The minimum atomic E-state index is 0.266. The molecule has 3 rings (SSSR count). The number of likely N-dealkylation sites (tertiary alicyclic amines) is 1. The Morgan fingerprint density at radius 3 is 2.72 bits per heavy atom. The average molecular weight is 342 g/mol. The van der Waals surface area contributed by atoms with E-state index in [1.165, 1.54) is 5.56 Å². The lowest BCUT2D eigenvalue weighted by Crippen LogP contribution is -2.32. The van der Waals surface area contributed by atoms with Gasteiger partial charge in [0.25, 0.3) is 0 Å². The number of nitrogens with zero attached hydrogens (tertiary/aromatic N) is 2. The van der Waals surface area contributed by atoms with Gasteiger partial charge in [-0.3, -0.25) is 9.88 Å². The summed E-state index contributed by atoms with van der Waals surface area (Å²) in [5.74, 6) is 0.908. The summed E-state index contributed by atoms with van der Waals surface area (Å²) in [6.07, 6.45) is 3.05. The molecule has 0 unspecified atom stereocenters. The predicted molar refractivity (Wildman–Crippen MR) is 96.5 cm³/mol. The summed E-state index contributed by atoms with van der Waals surface area (Å²) in [6, 6.07) is 14.4. The summed E-state index contributed by atoms with van der Waals surface area (Å²) in [6.45, 7) is 2.93. The highest BCUT2D eigenvalue weighted by molar-refractivity contribution is 5.33. The van der Waals surface area contributed by atoms with Gasteiger partial charge >= 0.3 is 0 Å². The molecule has 25 heavy (non-hydrogen) atoms. The number of benzene rings is 1. The summed E-state index contributed by atoms with van der Waals surface area (Å²) >= 11 is 0. The number of aromatic nitrogens is 1. The van der Waals surface area contributed by atoms with Crippen molar-refractivity contribution in [3.63, 3.8) is 0 Å². The number of para-hydroxylation sites is 1. The van der Waals surface area contributed by atoms with Crippen molar-refractivity contribution in [2.24, 2.45) is 0 Å². The van der Waals surface area contributed by atoms with Gasteiger partial charge in [-0.1, -0.05) is 24.3 Å². The van der Waals surface area contributed by atoms with E-state index in [1.54, 1.807) is 20.4 Å². The lowest BCUT2D eigenvalue weighted by molar-refractivity contribution is 0.105. The topological polar surface area (TPSA) is 43.8 Å². The first-order chi connectivity index (χ1) is 12.3. The van der Waals surface area contributed by atoms with E-state index in [1.807, 2.05) is 30.3 Å². The molecule has 1 aliphatic rings. The summed E-state index contributed by atoms with van der Waals surface area (Å²) in [5, 5.41) is 0. The molecule has 1 aliphatic heterocycles. The number of methoxy groups -OCH3 is 2. The molecule has 0 aliphatic carbocycles. The van der Waals surface area contributed by atoms with Crippen LogP contribution in [0.25, 0.3) is 0 Å². The highest BCUT2D eigenvalue weighted by atomic mass is 16.5. The zero-order valence-electron chi connectivity index (χ0n) is 14.9. The lowest BCUT2D eigenvalue weighted by atomic mass is 10.1. The Morgan fingerprint density at radius 2 is 1.96 bits per heavy atom. The second-order valence-corrected chi connectivity index (χ2v) is 6.35. The van der Waals surface area contributed by atoms with E-state index in [4.69, 9.17) is 14.2 Å². The van der Waals surface area contributed by atoms with Crippen LogP contribution in [-0.2, 0) is 22.6 Å². The van der Waals surface area contributed by atoms with Gasteiger partial charge in [0.1, 0.15) is 12.4 Å². The quantitative estimate of drug-likeness (QED) is 0.738. The highest BCUT2D eigenvalue weighted by Gasteiger charge is 2.32. The van der Waals surface area contributed by atoms with Crippen molar-refractivity contribution < 1.29 is 14.2 Å². The largest absolute Gasteiger partial charge is 0.487 e. The first-order valence-electron chi connectivity index (χ1n) is 8.66. The molecular weight excluding hydrogens is 316 g/mol. The van der Waals surface area contributed by atoms with Gasteiger partial charge in [-0.2, -0.15) is 0 Å². The Hall–Kier alpha value is -1.95. The molecule has 1 aromatic heterocycles. The zero-order valence-corrected chi connectivity index (χ0v) is 14.9. The Bertz CT molecular complexity index is 650. The average Bonchev–Trinajstić information content (AvgIpc) is 3.04. The van der Waals surface area contributed by atoms with Crippen molar-refractivity contribution in [1.29, 1.82) is 0 Å². The third-order valence-electron chi connectivity index (χ3n) is 4.63. The van der Waals surface area contributed by atoms with E-state index in [2.05, 4.69) is 22.0 Å². The summed E-state index contributed by atoms with van der Waals surface area (Å²) in [5.41, 5.74) is 2.10. The number of ether oxygens (including phenoxy) is 3. The van der Waals surface area contributed by atoms with Gasteiger partial charge in [0.15, 0.2) is 0 Å². The summed E-state index contributed by atoms with van der Waals surface area (Å²) in [7, 11) is 3.53. The van der Waals surface area contributed by atoms with Crippen molar-refractivity contribution in [3.8, 4) is 5.75 Å². The second kappa shape index (κ2) is 8.94. The molecule has 0 bridgehead atoms. The van der Waals surface area contributed by atoms with Crippen molar-refractivity contribution in [2.45, 2.75) is 31.7 Å². The lowest BCUT2D eigenvalue weighted by Gasteiger charge is -2.24. The van der Waals surface area contributed by atoms with Crippen molar-refractivity contribution in [2.75, 3.05) is 27.4 Å². The maximum atomic E-state index is 6.03. The van der Waals surface area contributed by atoms with Crippen LogP contribution in [0, 0.1) is 0 Å². The summed E-state index contributed by atoms with van der Waals surface area (Å²) in [4.78, 5) is 6.73. The van der Waals surface area contributed by atoms with E-state index in [-0.39, 0.29) is 6.10 Å². The van der Waals surface area contributed by atoms with E-state index in [9.17, 15) is 0 Å². The smallest absolute Gasteiger partial charge is 0.130 e. The Kier molecular flexibility index (Phi) is 6.39. The fraction of sp³-hybridized carbons (Fsp3) is 0.450. The molecule has 134 valence electrons.